The van der Waals surface area contributed by atoms with Crippen LogP contribution in [-0.2, 0) is 11.2 Å². The number of benzene rings is 1. The molecule has 1 aliphatic rings. The molecular formula is C15H12ClNO3. The Kier molecular flexibility index (Phi) is 2.91. The van der Waals surface area contributed by atoms with E-state index in [-0.39, 0.29) is 18.1 Å². The highest BCUT2D eigenvalue weighted by molar-refractivity contribution is 6.35. The van der Waals surface area contributed by atoms with Gasteiger partial charge in [0.05, 0.1) is 17.0 Å². The Hall–Kier alpha value is -2.07. The summed E-state index contributed by atoms with van der Waals surface area (Å²) in [7, 11) is 0. The van der Waals surface area contributed by atoms with E-state index in [0.717, 1.165) is 5.56 Å². The van der Waals surface area contributed by atoms with Crippen molar-refractivity contribution >= 4 is 29.0 Å². The summed E-state index contributed by atoms with van der Waals surface area (Å²) in [6.07, 6.45) is 0.274. The van der Waals surface area contributed by atoms with Crippen LogP contribution >= 0.6 is 11.6 Å². The van der Waals surface area contributed by atoms with Gasteiger partial charge in [-0.3, -0.25) is 9.59 Å². The van der Waals surface area contributed by atoms with E-state index in [1.807, 2.05) is 0 Å². The molecule has 2 heterocycles. The molecule has 2 aromatic rings. The first kappa shape index (κ1) is 12.9. The normalized spacial score (nSPS) is 13.2. The van der Waals surface area contributed by atoms with Crippen LogP contribution in [-0.4, -0.2) is 11.7 Å². The Morgan fingerprint density at radius 2 is 2.00 bits per heavy atom. The van der Waals surface area contributed by atoms with Gasteiger partial charge >= 0.3 is 0 Å². The number of anilines is 1. The number of aryl methyl sites for hydroxylation is 2. The largest absolute Gasteiger partial charge is 0.466 e. The second kappa shape index (κ2) is 4.49. The molecule has 0 saturated heterocycles. The summed E-state index contributed by atoms with van der Waals surface area (Å²) >= 11 is 6.16. The molecule has 0 aliphatic carbocycles. The minimum absolute atomic E-state index is 0.0870. The van der Waals surface area contributed by atoms with Gasteiger partial charge in [-0.2, -0.15) is 0 Å². The number of fused-ring (bicyclic) bond motifs is 1. The molecule has 1 aliphatic heterocycles. The number of halogens is 1. The van der Waals surface area contributed by atoms with E-state index in [4.69, 9.17) is 16.0 Å². The molecular weight excluding hydrogens is 278 g/mol. The third kappa shape index (κ3) is 2.02. The predicted octanol–water partition coefficient (Wildman–Crippen LogP) is 3.28. The number of nitrogens with one attached hydrogen (secondary N) is 1. The Morgan fingerprint density at radius 3 is 2.65 bits per heavy atom. The van der Waals surface area contributed by atoms with Crippen LogP contribution in [0.4, 0.5) is 5.69 Å². The molecule has 1 N–H and O–H groups in total. The summed E-state index contributed by atoms with van der Waals surface area (Å²) in [6.45, 7) is 3.53. The van der Waals surface area contributed by atoms with E-state index in [9.17, 15) is 9.59 Å². The summed E-state index contributed by atoms with van der Waals surface area (Å²) < 4.78 is 5.38. The Balaban J connectivity index is 2.07. The van der Waals surface area contributed by atoms with Crippen LogP contribution in [0, 0.1) is 13.8 Å². The fourth-order valence-electron chi connectivity index (χ4n) is 2.42. The van der Waals surface area contributed by atoms with Crippen molar-refractivity contribution in [1.82, 2.24) is 0 Å². The minimum atomic E-state index is -0.188. The third-order valence-corrected chi connectivity index (χ3v) is 3.66. The fourth-order valence-corrected chi connectivity index (χ4v) is 2.67. The predicted molar refractivity (Wildman–Crippen MR) is 75.4 cm³/mol. The average Bonchev–Trinajstić information content (AvgIpc) is 2.88. The van der Waals surface area contributed by atoms with Gasteiger partial charge in [0.2, 0.25) is 5.91 Å². The SMILES string of the molecule is Cc1cc(C(=O)c2cc3c(cc2Cl)NC(=O)C3)c(C)o1. The molecule has 102 valence electrons. The Morgan fingerprint density at radius 1 is 1.25 bits per heavy atom. The maximum Gasteiger partial charge on any atom is 0.228 e. The standard InChI is InChI=1S/C15H12ClNO3/c1-7-3-10(8(2)20-7)15(19)11-4-9-5-14(18)17-13(9)6-12(11)16/h3-4,6H,5H2,1-2H3,(H,17,18). The first-order chi connectivity index (χ1) is 9.45. The number of hydrogen-bond acceptors (Lipinski definition) is 3. The van der Waals surface area contributed by atoms with Crippen LogP contribution < -0.4 is 5.32 Å². The van der Waals surface area contributed by atoms with Gasteiger partial charge in [-0.15, -0.1) is 0 Å². The van der Waals surface area contributed by atoms with E-state index in [2.05, 4.69) is 5.32 Å². The average molecular weight is 290 g/mol. The summed E-state index contributed by atoms with van der Waals surface area (Å²) in [5, 5.41) is 3.03. The van der Waals surface area contributed by atoms with Gasteiger partial charge in [0.25, 0.3) is 0 Å². The van der Waals surface area contributed by atoms with Crippen LogP contribution in [0.2, 0.25) is 5.02 Å². The highest BCUT2D eigenvalue weighted by atomic mass is 35.5. The molecule has 1 aromatic carbocycles. The lowest BCUT2D eigenvalue weighted by atomic mass is 10.0. The van der Waals surface area contributed by atoms with Gasteiger partial charge in [-0.05, 0) is 37.6 Å². The van der Waals surface area contributed by atoms with Gasteiger partial charge in [0, 0.05) is 11.3 Å². The molecule has 0 saturated carbocycles. The van der Waals surface area contributed by atoms with Gasteiger partial charge in [0.15, 0.2) is 5.78 Å². The maximum atomic E-state index is 12.5. The van der Waals surface area contributed by atoms with Crippen molar-refractivity contribution < 1.29 is 14.0 Å². The smallest absolute Gasteiger partial charge is 0.228 e. The van der Waals surface area contributed by atoms with Crippen molar-refractivity contribution in [2.45, 2.75) is 20.3 Å². The zero-order chi connectivity index (χ0) is 14.4. The van der Waals surface area contributed by atoms with E-state index in [0.29, 0.717) is 33.4 Å². The molecule has 0 spiro atoms. The van der Waals surface area contributed by atoms with E-state index >= 15 is 0 Å². The summed E-state index contributed by atoms with van der Waals surface area (Å²) in [5.41, 5.74) is 2.37. The minimum Gasteiger partial charge on any atom is -0.466 e. The van der Waals surface area contributed by atoms with Gasteiger partial charge in [0.1, 0.15) is 11.5 Å². The monoisotopic (exact) mass is 289 g/mol. The topological polar surface area (TPSA) is 59.3 Å². The van der Waals surface area contributed by atoms with Crippen LogP contribution in [0.3, 0.4) is 0 Å². The molecule has 0 radical (unpaired) electrons. The number of hydrogen-bond donors (Lipinski definition) is 1. The van der Waals surface area contributed by atoms with Crippen molar-refractivity contribution in [3.05, 3.63) is 51.4 Å². The molecule has 0 fully saturated rings. The lowest BCUT2D eigenvalue weighted by Gasteiger charge is -2.06. The first-order valence-electron chi connectivity index (χ1n) is 6.19. The highest BCUT2D eigenvalue weighted by Crippen LogP contribution is 2.31. The first-order valence-corrected chi connectivity index (χ1v) is 6.57. The van der Waals surface area contributed by atoms with E-state index in [1.165, 1.54) is 0 Å². The van der Waals surface area contributed by atoms with Crippen molar-refractivity contribution in [2.75, 3.05) is 5.32 Å². The summed E-state index contributed by atoms with van der Waals surface area (Å²) in [5.74, 6) is 0.973. The summed E-state index contributed by atoms with van der Waals surface area (Å²) in [6, 6.07) is 5.00. The molecule has 1 aromatic heterocycles. The number of rotatable bonds is 2. The molecule has 5 heteroatoms. The van der Waals surface area contributed by atoms with Crippen LogP contribution in [0.25, 0.3) is 0 Å². The molecule has 4 nitrogen and oxygen atoms in total. The van der Waals surface area contributed by atoms with Gasteiger partial charge < -0.3 is 9.73 Å². The van der Waals surface area contributed by atoms with Gasteiger partial charge in [-0.25, -0.2) is 0 Å². The van der Waals surface area contributed by atoms with E-state index in [1.54, 1.807) is 32.0 Å². The maximum absolute atomic E-state index is 12.5. The molecule has 3 rings (SSSR count). The van der Waals surface area contributed by atoms with Crippen LogP contribution in [0.1, 0.15) is 33.0 Å². The summed E-state index contributed by atoms with van der Waals surface area (Å²) in [4.78, 5) is 23.9. The van der Waals surface area contributed by atoms with Crippen molar-refractivity contribution in [1.29, 1.82) is 0 Å². The van der Waals surface area contributed by atoms with Crippen molar-refractivity contribution in [3.8, 4) is 0 Å². The quantitative estimate of drug-likeness (QED) is 0.863. The van der Waals surface area contributed by atoms with E-state index < -0.39 is 0 Å². The lowest BCUT2D eigenvalue weighted by Crippen LogP contribution is -2.03. The third-order valence-electron chi connectivity index (χ3n) is 3.35. The second-order valence-corrected chi connectivity index (χ2v) is 5.28. The number of amides is 1. The Labute approximate surface area is 120 Å². The van der Waals surface area contributed by atoms with Gasteiger partial charge in [-0.1, -0.05) is 11.6 Å². The second-order valence-electron chi connectivity index (χ2n) is 4.87. The van der Waals surface area contributed by atoms with Crippen molar-refractivity contribution in [2.24, 2.45) is 0 Å². The lowest BCUT2D eigenvalue weighted by molar-refractivity contribution is -0.115. The Bertz CT molecular complexity index is 746. The highest BCUT2D eigenvalue weighted by Gasteiger charge is 2.24. The zero-order valence-corrected chi connectivity index (χ0v) is 11.8. The fraction of sp³-hybridized carbons (Fsp3) is 0.200. The number of furan rings is 1. The van der Waals surface area contributed by atoms with Crippen LogP contribution in [0.15, 0.2) is 22.6 Å². The van der Waals surface area contributed by atoms with Crippen LogP contribution in [0.5, 0.6) is 0 Å². The zero-order valence-electron chi connectivity index (χ0n) is 11.0. The molecule has 0 unspecified atom stereocenters. The molecule has 1 amide bonds. The number of carbonyl (C=O) groups is 2. The molecule has 0 bridgehead atoms. The molecule has 0 atom stereocenters. The van der Waals surface area contributed by atoms with Crippen molar-refractivity contribution in [3.63, 3.8) is 0 Å². The number of ketones is 1. The number of carbonyl (C=O) groups excluding carboxylic acids is 2. The molecule has 20 heavy (non-hydrogen) atoms.